The Labute approximate surface area is 96.7 Å². The molecule has 0 unspecified atom stereocenters. The second-order valence-corrected chi connectivity index (χ2v) is 4.21. The number of hydrogen-bond acceptors (Lipinski definition) is 6. The number of benzene rings is 1. The lowest BCUT2D eigenvalue weighted by molar-refractivity contribution is -0.384. The van der Waals surface area contributed by atoms with Crippen molar-refractivity contribution >= 4 is 33.1 Å². The minimum absolute atomic E-state index is 0.0755. The zero-order chi connectivity index (χ0) is 12.4. The Kier molecular flexibility index (Phi) is 2.91. The molecule has 9 heteroatoms. The summed E-state index contributed by atoms with van der Waals surface area (Å²) in [6.07, 6.45) is 0. The van der Waals surface area contributed by atoms with Crippen molar-refractivity contribution in [2.45, 2.75) is 0 Å². The summed E-state index contributed by atoms with van der Waals surface area (Å²) in [6.45, 7) is 0. The number of nitrogens with one attached hydrogen (secondary N) is 2. The molecule has 1 heterocycles. The van der Waals surface area contributed by atoms with Gasteiger partial charge in [-0.2, -0.15) is 5.10 Å². The highest BCUT2D eigenvalue weighted by molar-refractivity contribution is 7.72. The fraction of sp³-hybridized carbons (Fsp3) is 0.125. The van der Waals surface area contributed by atoms with E-state index in [9.17, 15) is 18.5 Å². The van der Waals surface area contributed by atoms with Gasteiger partial charge in [-0.1, -0.05) is 0 Å². The van der Waals surface area contributed by atoms with Crippen molar-refractivity contribution in [3.05, 3.63) is 28.3 Å². The van der Waals surface area contributed by atoms with Crippen LogP contribution in [0.1, 0.15) is 0 Å². The molecule has 2 rings (SSSR count). The highest BCUT2D eigenvalue weighted by Gasteiger charge is 2.11. The van der Waals surface area contributed by atoms with Gasteiger partial charge in [0.15, 0.2) is 16.5 Å². The first kappa shape index (κ1) is 11.3. The first-order valence-corrected chi connectivity index (χ1v) is 5.92. The molecule has 0 fully saturated rings. The summed E-state index contributed by atoms with van der Waals surface area (Å²) in [7, 11) is -2.58. The SMILES string of the molecule is O=[N+]([O-])c1ccc2[nH]nc(NC[SH](=O)=O)c2c1. The molecule has 0 radical (unpaired) electrons. The van der Waals surface area contributed by atoms with Crippen molar-refractivity contribution in [2.75, 3.05) is 11.2 Å². The number of nitro benzene ring substituents is 1. The quantitative estimate of drug-likeness (QED) is 0.415. The number of H-pyrrole nitrogens is 1. The third-order valence-corrected chi connectivity index (χ3v) is 2.55. The van der Waals surface area contributed by atoms with Gasteiger partial charge in [-0.15, -0.1) is 0 Å². The van der Waals surface area contributed by atoms with E-state index in [2.05, 4.69) is 15.5 Å². The van der Waals surface area contributed by atoms with E-state index in [-0.39, 0.29) is 17.4 Å². The van der Waals surface area contributed by atoms with Gasteiger partial charge in [-0.3, -0.25) is 15.2 Å². The summed E-state index contributed by atoms with van der Waals surface area (Å²) in [5.74, 6) is 0.0146. The smallest absolute Gasteiger partial charge is 0.270 e. The monoisotopic (exact) mass is 256 g/mol. The number of aromatic amines is 1. The molecule has 1 aromatic carbocycles. The van der Waals surface area contributed by atoms with Gasteiger partial charge in [0.25, 0.3) is 5.69 Å². The van der Waals surface area contributed by atoms with E-state index in [1.165, 1.54) is 18.2 Å². The van der Waals surface area contributed by atoms with Crippen LogP contribution in [-0.2, 0) is 10.7 Å². The molecule has 0 aliphatic rings. The third-order valence-electron chi connectivity index (χ3n) is 2.13. The summed E-state index contributed by atoms with van der Waals surface area (Å²) in [4.78, 5) is 10.1. The average molecular weight is 256 g/mol. The topological polar surface area (TPSA) is 118 Å². The second-order valence-electron chi connectivity index (χ2n) is 3.23. The lowest BCUT2D eigenvalue weighted by Crippen LogP contribution is -2.03. The van der Waals surface area contributed by atoms with E-state index < -0.39 is 15.6 Å². The van der Waals surface area contributed by atoms with Crippen LogP contribution in [0.15, 0.2) is 18.2 Å². The van der Waals surface area contributed by atoms with Crippen LogP contribution >= 0.6 is 0 Å². The Bertz CT molecular complexity index is 640. The standard InChI is InChI=1S/C8H8N4O4S/c13-12(14)5-1-2-7-6(3-5)8(11-10-7)9-4-17(15)16/h1-3,17H,4H2,(H2,9,10,11). The molecule has 90 valence electrons. The van der Waals surface area contributed by atoms with Gasteiger partial charge in [-0.05, 0) is 6.07 Å². The van der Waals surface area contributed by atoms with E-state index in [0.29, 0.717) is 10.9 Å². The maximum Gasteiger partial charge on any atom is 0.270 e. The summed E-state index contributed by atoms with van der Waals surface area (Å²) >= 11 is 0. The van der Waals surface area contributed by atoms with E-state index in [4.69, 9.17) is 0 Å². The first-order valence-electron chi connectivity index (χ1n) is 4.56. The van der Waals surface area contributed by atoms with Crippen molar-refractivity contribution in [3.63, 3.8) is 0 Å². The van der Waals surface area contributed by atoms with Gasteiger partial charge < -0.3 is 5.32 Å². The molecule has 1 aromatic heterocycles. The van der Waals surface area contributed by atoms with Crippen LogP contribution in [-0.4, -0.2) is 29.4 Å². The number of hydrogen-bond donors (Lipinski definition) is 3. The minimum atomic E-state index is -2.58. The normalized spacial score (nSPS) is 10.9. The maximum absolute atomic E-state index is 10.6. The van der Waals surface area contributed by atoms with Crippen molar-refractivity contribution < 1.29 is 13.3 Å². The molecule has 0 aliphatic carbocycles. The van der Waals surface area contributed by atoms with Crippen molar-refractivity contribution in [2.24, 2.45) is 0 Å². The molecule has 0 atom stereocenters. The van der Waals surface area contributed by atoms with Crippen LogP contribution < -0.4 is 5.32 Å². The molecule has 0 saturated heterocycles. The number of nitrogens with zero attached hydrogens (tertiary/aromatic N) is 2. The fourth-order valence-electron chi connectivity index (χ4n) is 1.39. The number of rotatable bonds is 4. The van der Waals surface area contributed by atoms with Crippen LogP contribution in [0, 0.1) is 10.1 Å². The number of fused-ring (bicyclic) bond motifs is 1. The van der Waals surface area contributed by atoms with Crippen LogP contribution in [0.2, 0.25) is 0 Å². The molecule has 0 bridgehead atoms. The molecule has 2 aromatic rings. The molecule has 0 aliphatic heterocycles. The number of non-ortho nitro benzene ring substituents is 1. The van der Waals surface area contributed by atoms with Crippen LogP contribution in [0.25, 0.3) is 10.9 Å². The molecule has 17 heavy (non-hydrogen) atoms. The van der Waals surface area contributed by atoms with E-state index in [1.54, 1.807) is 0 Å². The summed E-state index contributed by atoms with van der Waals surface area (Å²) < 4.78 is 20.9. The molecule has 8 nitrogen and oxygen atoms in total. The highest BCUT2D eigenvalue weighted by Crippen LogP contribution is 2.24. The Balaban J connectivity index is 2.42. The first-order chi connectivity index (χ1) is 8.08. The summed E-state index contributed by atoms with van der Waals surface area (Å²) in [6, 6.07) is 4.19. The Hall–Kier alpha value is -2.16. The molecule has 0 saturated carbocycles. The van der Waals surface area contributed by atoms with Crippen molar-refractivity contribution in [1.29, 1.82) is 0 Å². The Morgan fingerprint density at radius 2 is 2.24 bits per heavy atom. The van der Waals surface area contributed by atoms with Crippen LogP contribution in [0.4, 0.5) is 11.5 Å². The van der Waals surface area contributed by atoms with Gasteiger partial charge in [-0.25, -0.2) is 8.42 Å². The number of aromatic nitrogens is 2. The van der Waals surface area contributed by atoms with E-state index >= 15 is 0 Å². The molecular formula is C8H8N4O4S. The number of anilines is 1. The zero-order valence-electron chi connectivity index (χ0n) is 8.41. The van der Waals surface area contributed by atoms with E-state index in [1.807, 2.05) is 0 Å². The van der Waals surface area contributed by atoms with Crippen molar-refractivity contribution in [1.82, 2.24) is 10.2 Å². The highest BCUT2D eigenvalue weighted by atomic mass is 32.2. The Morgan fingerprint density at radius 3 is 2.88 bits per heavy atom. The van der Waals surface area contributed by atoms with Crippen LogP contribution in [0.5, 0.6) is 0 Å². The number of nitro groups is 1. The lowest BCUT2D eigenvalue weighted by atomic mass is 10.2. The van der Waals surface area contributed by atoms with Gasteiger partial charge in [0.2, 0.25) is 0 Å². The van der Waals surface area contributed by atoms with Gasteiger partial charge >= 0.3 is 0 Å². The van der Waals surface area contributed by atoms with Gasteiger partial charge in [0.05, 0.1) is 15.8 Å². The summed E-state index contributed by atoms with van der Waals surface area (Å²) in [5, 5.41) is 20.1. The third kappa shape index (κ3) is 2.33. The predicted molar refractivity (Wildman–Crippen MR) is 61.6 cm³/mol. The molecule has 0 spiro atoms. The predicted octanol–water partition coefficient (Wildman–Crippen LogP) is 0.452. The second kappa shape index (κ2) is 4.37. The molecule has 2 N–H and O–H groups in total. The maximum atomic E-state index is 10.6. The zero-order valence-corrected chi connectivity index (χ0v) is 9.31. The minimum Gasteiger partial charge on any atom is -0.354 e. The number of thiol groups is 1. The van der Waals surface area contributed by atoms with Gasteiger partial charge in [0.1, 0.15) is 5.88 Å². The largest absolute Gasteiger partial charge is 0.354 e. The van der Waals surface area contributed by atoms with Crippen LogP contribution in [0.3, 0.4) is 0 Å². The van der Waals surface area contributed by atoms with Gasteiger partial charge in [0, 0.05) is 12.1 Å². The Morgan fingerprint density at radius 1 is 1.47 bits per heavy atom. The fourth-order valence-corrected chi connectivity index (χ4v) is 1.67. The van der Waals surface area contributed by atoms with Crippen molar-refractivity contribution in [3.8, 4) is 0 Å². The van der Waals surface area contributed by atoms with E-state index in [0.717, 1.165) is 0 Å². The average Bonchev–Trinajstić information content (AvgIpc) is 2.68. The molecule has 0 amide bonds. The molecular weight excluding hydrogens is 248 g/mol. The lowest BCUT2D eigenvalue weighted by Gasteiger charge is -1.97. The summed E-state index contributed by atoms with van der Waals surface area (Å²) in [5.41, 5.74) is 0.521.